The number of aromatic nitrogens is 3. The van der Waals surface area contributed by atoms with E-state index in [1.165, 1.54) is 0 Å². The zero-order chi connectivity index (χ0) is 21.1. The first-order valence-electron chi connectivity index (χ1n) is 9.91. The van der Waals surface area contributed by atoms with Crippen LogP contribution in [0, 0.1) is 13.8 Å². The number of carbonyl (C=O) groups excluding carboxylic acids is 2. The molecule has 1 atom stereocenters. The molecular formula is C22H23N5O3. The summed E-state index contributed by atoms with van der Waals surface area (Å²) >= 11 is 0. The number of benzene rings is 1. The molecule has 0 N–H and O–H groups in total. The molecule has 0 saturated carbocycles. The molecule has 0 spiro atoms. The monoisotopic (exact) mass is 405 g/mol. The second-order valence-electron chi connectivity index (χ2n) is 7.31. The lowest BCUT2D eigenvalue weighted by Crippen LogP contribution is -2.38. The van der Waals surface area contributed by atoms with Gasteiger partial charge < -0.3 is 14.3 Å². The Hall–Kier alpha value is -3.55. The van der Waals surface area contributed by atoms with Crippen molar-refractivity contribution in [3.05, 3.63) is 77.2 Å². The van der Waals surface area contributed by atoms with Gasteiger partial charge in [0.15, 0.2) is 5.82 Å². The molecular weight excluding hydrogens is 382 g/mol. The molecule has 0 radical (unpaired) electrons. The zero-order valence-corrected chi connectivity index (χ0v) is 17.0. The van der Waals surface area contributed by atoms with E-state index >= 15 is 0 Å². The number of amides is 2. The third-order valence-electron chi connectivity index (χ3n) is 5.27. The molecule has 2 aromatic heterocycles. The highest BCUT2D eigenvalue weighted by Crippen LogP contribution is 2.28. The molecule has 1 saturated heterocycles. The Morgan fingerprint density at radius 2 is 1.80 bits per heavy atom. The molecule has 2 amide bonds. The fourth-order valence-corrected chi connectivity index (χ4v) is 3.69. The number of aryl methyl sites for hydroxylation is 2. The van der Waals surface area contributed by atoms with Gasteiger partial charge in [-0.1, -0.05) is 29.4 Å². The van der Waals surface area contributed by atoms with Gasteiger partial charge in [0, 0.05) is 31.4 Å². The van der Waals surface area contributed by atoms with Crippen molar-refractivity contribution < 1.29 is 14.1 Å². The van der Waals surface area contributed by atoms with Crippen molar-refractivity contribution in [1.82, 2.24) is 24.9 Å². The van der Waals surface area contributed by atoms with Crippen LogP contribution in [0.15, 0.2) is 53.2 Å². The lowest BCUT2D eigenvalue weighted by molar-refractivity contribution is 0.0641. The van der Waals surface area contributed by atoms with Gasteiger partial charge in [-0.15, -0.1) is 0 Å². The van der Waals surface area contributed by atoms with Crippen molar-refractivity contribution in [2.24, 2.45) is 0 Å². The third kappa shape index (κ3) is 3.94. The average Bonchev–Trinajstić information content (AvgIpc) is 3.07. The largest absolute Gasteiger partial charge is 0.337 e. The van der Waals surface area contributed by atoms with Gasteiger partial charge in [-0.05, 0) is 44.0 Å². The first kappa shape index (κ1) is 19.8. The molecule has 0 aliphatic carbocycles. The molecule has 1 aliphatic rings. The van der Waals surface area contributed by atoms with Gasteiger partial charge in [0.25, 0.3) is 11.8 Å². The summed E-state index contributed by atoms with van der Waals surface area (Å²) in [6, 6.07) is 12.4. The van der Waals surface area contributed by atoms with E-state index in [4.69, 9.17) is 4.52 Å². The van der Waals surface area contributed by atoms with E-state index in [9.17, 15) is 9.59 Å². The predicted molar refractivity (Wildman–Crippen MR) is 109 cm³/mol. The molecule has 30 heavy (non-hydrogen) atoms. The summed E-state index contributed by atoms with van der Waals surface area (Å²) in [6.07, 6.45) is 2.12. The molecule has 1 unspecified atom stereocenters. The average molecular weight is 405 g/mol. The molecule has 8 heteroatoms. The minimum absolute atomic E-state index is 0.125. The number of hydrogen-bond donors (Lipinski definition) is 0. The van der Waals surface area contributed by atoms with Gasteiger partial charge in [0.1, 0.15) is 11.7 Å². The van der Waals surface area contributed by atoms with Crippen LogP contribution in [0.1, 0.15) is 50.6 Å². The summed E-state index contributed by atoms with van der Waals surface area (Å²) in [6.45, 7) is 4.83. The maximum Gasteiger partial charge on any atom is 0.272 e. The second kappa shape index (κ2) is 8.44. The molecule has 8 nitrogen and oxygen atoms in total. The van der Waals surface area contributed by atoms with E-state index in [-0.39, 0.29) is 11.8 Å². The summed E-state index contributed by atoms with van der Waals surface area (Å²) < 4.78 is 5.40. The number of hydrogen-bond acceptors (Lipinski definition) is 6. The molecule has 1 fully saturated rings. The van der Waals surface area contributed by atoms with Crippen LogP contribution in [0.4, 0.5) is 0 Å². The van der Waals surface area contributed by atoms with E-state index in [1.807, 2.05) is 37.3 Å². The fraction of sp³-hybridized carbons (Fsp3) is 0.318. The van der Waals surface area contributed by atoms with Crippen LogP contribution in [0.25, 0.3) is 0 Å². The minimum atomic E-state index is -0.401. The molecule has 1 aliphatic heterocycles. The summed E-state index contributed by atoms with van der Waals surface area (Å²) in [4.78, 5) is 38.4. The van der Waals surface area contributed by atoms with E-state index in [2.05, 4.69) is 15.1 Å². The van der Waals surface area contributed by atoms with Gasteiger partial charge in [-0.3, -0.25) is 14.6 Å². The first-order valence-corrected chi connectivity index (χ1v) is 9.91. The van der Waals surface area contributed by atoms with Crippen LogP contribution in [-0.2, 0) is 0 Å². The lowest BCUT2D eigenvalue weighted by atomic mass is 10.1. The molecule has 1 aromatic carbocycles. The molecule has 3 aromatic rings. The van der Waals surface area contributed by atoms with Crippen molar-refractivity contribution in [2.75, 3.05) is 19.6 Å². The molecule has 3 heterocycles. The van der Waals surface area contributed by atoms with E-state index < -0.39 is 6.04 Å². The summed E-state index contributed by atoms with van der Waals surface area (Å²) in [5.74, 6) is 0.640. The second-order valence-corrected chi connectivity index (χ2v) is 7.31. The quantitative estimate of drug-likeness (QED) is 0.665. The van der Waals surface area contributed by atoms with Crippen LogP contribution >= 0.6 is 0 Å². The van der Waals surface area contributed by atoms with Crippen molar-refractivity contribution in [3.8, 4) is 0 Å². The van der Waals surface area contributed by atoms with E-state index in [0.717, 1.165) is 5.56 Å². The predicted octanol–water partition coefficient (Wildman–Crippen LogP) is 2.81. The van der Waals surface area contributed by atoms with Gasteiger partial charge in [0.05, 0.1) is 0 Å². The summed E-state index contributed by atoms with van der Waals surface area (Å²) in [5, 5.41) is 3.89. The minimum Gasteiger partial charge on any atom is -0.337 e. The lowest BCUT2D eigenvalue weighted by Gasteiger charge is -2.27. The third-order valence-corrected chi connectivity index (χ3v) is 5.27. The summed E-state index contributed by atoms with van der Waals surface area (Å²) in [5.41, 5.74) is 1.85. The van der Waals surface area contributed by atoms with Crippen LogP contribution in [0.3, 0.4) is 0 Å². The molecule has 154 valence electrons. The molecule has 4 rings (SSSR count). The van der Waals surface area contributed by atoms with Crippen molar-refractivity contribution in [1.29, 1.82) is 0 Å². The Balaban J connectivity index is 1.62. The Morgan fingerprint density at radius 1 is 1.00 bits per heavy atom. The van der Waals surface area contributed by atoms with Gasteiger partial charge in [-0.2, -0.15) is 4.98 Å². The van der Waals surface area contributed by atoms with E-state index in [1.54, 1.807) is 35.1 Å². The van der Waals surface area contributed by atoms with Crippen molar-refractivity contribution in [2.45, 2.75) is 26.3 Å². The van der Waals surface area contributed by atoms with Gasteiger partial charge >= 0.3 is 0 Å². The fourth-order valence-electron chi connectivity index (χ4n) is 3.69. The Bertz CT molecular complexity index is 1050. The first-order chi connectivity index (χ1) is 14.5. The van der Waals surface area contributed by atoms with Crippen LogP contribution in [-0.4, -0.2) is 56.4 Å². The highest BCUT2D eigenvalue weighted by atomic mass is 16.5. The topological polar surface area (TPSA) is 92.4 Å². The van der Waals surface area contributed by atoms with E-state index in [0.29, 0.717) is 49.0 Å². The normalized spacial score (nSPS) is 16.9. The smallest absolute Gasteiger partial charge is 0.272 e. The van der Waals surface area contributed by atoms with Crippen molar-refractivity contribution in [3.63, 3.8) is 0 Å². The number of rotatable bonds is 3. The Morgan fingerprint density at radius 3 is 2.50 bits per heavy atom. The number of pyridine rings is 1. The number of carbonyl (C=O) groups is 2. The Labute approximate surface area is 174 Å². The van der Waals surface area contributed by atoms with Crippen LogP contribution in [0.5, 0.6) is 0 Å². The van der Waals surface area contributed by atoms with Gasteiger partial charge in [0.2, 0.25) is 5.89 Å². The SMILES string of the molecule is Cc1noc(C2CCN(C(=O)c3ncccc3C)CCN2C(=O)c2ccccc2)n1. The standard InChI is InChI=1S/C22H23N5O3/c1-15-7-6-11-23-19(15)22(29)26-12-10-18(20-24-16(2)25-30-20)27(14-13-26)21(28)17-8-4-3-5-9-17/h3-9,11,18H,10,12-14H2,1-2H3. The van der Waals surface area contributed by atoms with Crippen molar-refractivity contribution >= 4 is 11.8 Å². The number of nitrogens with zero attached hydrogens (tertiary/aromatic N) is 5. The maximum absolute atomic E-state index is 13.3. The Kier molecular flexibility index (Phi) is 5.56. The zero-order valence-electron chi connectivity index (χ0n) is 17.0. The van der Waals surface area contributed by atoms with Crippen LogP contribution < -0.4 is 0 Å². The summed E-state index contributed by atoms with van der Waals surface area (Å²) in [7, 11) is 0. The van der Waals surface area contributed by atoms with Gasteiger partial charge in [-0.25, -0.2) is 0 Å². The molecule has 0 bridgehead atoms. The van der Waals surface area contributed by atoms with Crippen LogP contribution in [0.2, 0.25) is 0 Å². The maximum atomic E-state index is 13.3. The highest BCUT2D eigenvalue weighted by molar-refractivity contribution is 5.95. The highest BCUT2D eigenvalue weighted by Gasteiger charge is 2.34.